The number of nitrogens with zero attached hydrogens (tertiary/aromatic N) is 3. The van der Waals surface area contributed by atoms with Crippen LogP contribution in [0.25, 0.3) is 5.53 Å². The van der Waals surface area contributed by atoms with Gasteiger partial charge < -0.3 is 15.1 Å². The number of hydrogen-bond acceptors (Lipinski definition) is 4. The Balaban J connectivity index is 3.24. The van der Waals surface area contributed by atoms with Gasteiger partial charge in [-0.2, -0.15) is 4.79 Å². The summed E-state index contributed by atoms with van der Waals surface area (Å²) in [5.74, 6) is -0.799. The van der Waals surface area contributed by atoms with Crippen molar-refractivity contribution in [1.29, 1.82) is 0 Å². The van der Waals surface area contributed by atoms with Gasteiger partial charge in [0.2, 0.25) is 5.71 Å². The summed E-state index contributed by atoms with van der Waals surface area (Å²) < 4.78 is 4.49. The Morgan fingerprint density at radius 1 is 1.29 bits per heavy atom. The molecule has 88 valence electrons. The lowest BCUT2D eigenvalue weighted by Gasteiger charge is -2.00. The number of benzene rings is 1. The first-order valence-corrected chi connectivity index (χ1v) is 4.72. The van der Waals surface area contributed by atoms with Gasteiger partial charge in [-0.1, -0.05) is 35.5 Å². The van der Waals surface area contributed by atoms with Crippen LogP contribution in [0, 0.1) is 0 Å². The predicted molar refractivity (Wildman–Crippen MR) is 60.6 cm³/mol. The first kappa shape index (κ1) is 12.6. The van der Waals surface area contributed by atoms with E-state index in [1.54, 1.807) is 24.3 Å². The normalized spacial score (nSPS) is 10.4. The average Bonchev–Trinajstić information content (AvgIpc) is 2.39. The fraction of sp³-hybridized carbons (Fsp3) is 0.182. The molecule has 0 fully saturated rings. The minimum absolute atomic E-state index is 0.0995. The standard InChI is InChI=1S/C11H11N3O3/c1-16-11(15)10(13-12)9(14-17-2)8-6-4-3-5-7-8/h3-7H,1-2H3/b14-9+. The molecular formula is C11H11N3O3. The number of carbonyl (C=O) groups is 1. The van der Waals surface area contributed by atoms with Gasteiger partial charge in [0, 0.05) is 5.56 Å². The van der Waals surface area contributed by atoms with Crippen molar-refractivity contribution >= 4 is 17.4 Å². The monoisotopic (exact) mass is 233 g/mol. The molecule has 0 saturated heterocycles. The van der Waals surface area contributed by atoms with E-state index in [0.29, 0.717) is 5.56 Å². The second kappa shape index (κ2) is 6.19. The summed E-state index contributed by atoms with van der Waals surface area (Å²) in [5, 5.41) is 3.66. The topological polar surface area (TPSA) is 84.3 Å². The van der Waals surface area contributed by atoms with E-state index in [9.17, 15) is 4.79 Å². The lowest BCUT2D eigenvalue weighted by molar-refractivity contribution is -0.136. The molecule has 0 aromatic heterocycles. The van der Waals surface area contributed by atoms with Crippen LogP contribution >= 0.6 is 0 Å². The molecule has 0 atom stereocenters. The fourth-order valence-electron chi connectivity index (χ4n) is 1.20. The summed E-state index contributed by atoms with van der Waals surface area (Å²) in [6.45, 7) is 0. The fourth-order valence-corrected chi connectivity index (χ4v) is 1.20. The molecule has 0 radical (unpaired) electrons. The first-order valence-electron chi connectivity index (χ1n) is 4.72. The zero-order valence-electron chi connectivity index (χ0n) is 9.45. The molecule has 0 bridgehead atoms. The Morgan fingerprint density at radius 2 is 1.94 bits per heavy atom. The van der Waals surface area contributed by atoms with E-state index in [0.717, 1.165) is 0 Å². The largest absolute Gasteiger partial charge is 0.460 e. The van der Waals surface area contributed by atoms with Crippen molar-refractivity contribution in [2.75, 3.05) is 14.2 Å². The van der Waals surface area contributed by atoms with Crippen LogP contribution in [0.15, 0.2) is 35.5 Å². The number of oxime groups is 1. The maximum atomic E-state index is 11.4. The molecule has 0 amide bonds. The lowest BCUT2D eigenvalue weighted by atomic mass is 10.1. The number of rotatable bonds is 4. The van der Waals surface area contributed by atoms with E-state index in [1.807, 2.05) is 6.07 Å². The quantitative estimate of drug-likeness (QED) is 0.254. The van der Waals surface area contributed by atoms with Gasteiger partial charge in [-0.25, -0.2) is 4.79 Å². The lowest BCUT2D eigenvalue weighted by Crippen LogP contribution is -2.27. The van der Waals surface area contributed by atoms with E-state index >= 15 is 0 Å². The molecule has 1 rings (SSSR count). The third-order valence-electron chi connectivity index (χ3n) is 1.93. The van der Waals surface area contributed by atoms with Gasteiger partial charge in [0.1, 0.15) is 7.11 Å². The van der Waals surface area contributed by atoms with Crippen molar-refractivity contribution in [1.82, 2.24) is 0 Å². The van der Waals surface area contributed by atoms with Crippen LogP contribution in [0.4, 0.5) is 0 Å². The molecule has 0 saturated carbocycles. The summed E-state index contributed by atoms with van der Waals surface area (Å²) in [4.78, 5) is 18.9. The smallest absolute Gasteiger partial charge is 0.428 e. The molecule has 0 heterocycles. The second-order valence-corrected chi connectivity index (χ2v) is 2.93. The van der Waals surface area contributed by atoms with Gasteiger partial charge in [0.15, 0.2) is 0 Å². The molecule has 0 aliphatic heterocycles. The van der Waals surface area contributed by atoms with Crippen LogP contribution in [0.2, 0.25) is 0 Å². The number of ether oxygens (including phenoxy) is 1. The Morgan fingerprint density at radius 3 is 2.41 bits per heavy atom. The molecule has 6 nitrogen and oxygen atoms in total. The number of hydrogen-bond donors (Lipinski definition) is 0. The van der Waals surface area contributed by atoms with E-state index in [1.165, 1.54) is 14.2 Å². The average molecular weight is 233 g/mol. The zero-order chi connectivity index (χ0) is 12.7. The van der Waals surface area contributed by atoms with Crippen molar-refractivity contribution in [3.05, 3.63) is 41.4 Å². The van der Waals surface area contributed by atoms with Gasteiger partial charge in [-0.3, -0.25) is 0 Å². The third kappa shape index (κ3) is 2.99. The summed E-state index contributed by atoms with van der Waals surface area (Å²) in [6, 6.07) is 8.72. The highest BCUT2D eigenvalue weighted by Crippen LogP contribution is 2.03. The summed E-state index contributed by atoms with van der Waals surface area (Å²) in [6.07, 6.45) is 0. The van der Waals surface area contributed by atoms with Crippen LogP contribution in [0.1, 0.15) is 5.56 Å². The van der Waals surface area contributed by atoms with Crippen LogP contribution in [0.3, 0.4) is 0 Å². The SMILES string of the molecule is CO/N=C(/C(=[N+]=[N-])C(=O)OC)c1ccccc1. The van der Waals surface area contributed by atoms with E-state index < -0.39 is 5.97 Å². The Kier molecular flexibility index (Phi) is 4.59. The molecular weight excluding hydrogens is 222 g/mol. The highest BCUT2D eigenvalue weighted by molar-refractivity contribution is 6.67. The Bertz CT molecular complexity index is 476. The van der Waals surface area contributed by atoms with Crippen molar-refractivity contribution in [2.45, 2.75) is 0 Å². The molecule has 1 aromatic rings. The molecule has 0 N–H and O–H groups in total. The number of esters is 1. The summed E-state index contributed by atoms with van der Waals surface area (Å²) >= 11 is 0. The van der Waals surface area contributed by atoms with Gasteiger partial charge in [-0.15, -0.1) is 0 Å². The molecule has 0 spiro atoms. The Hall–Kier alpha value is -2.46. The number of carbonyl (C=O) groups excluding carboxylic acids is 1. The van der Waals surface area contributed by atoms with Gasteiger partial charge >= 0.3 is 11.7 Å². The van der Waals surface area contributed by atoms with E-state index in [4.69, 9.17) is 5.53 Å². The van der Waals surface area contributed by atoms with Crippen LogP contribution in [-0.2, 0) is 14.4 Å². The maximum Gasteiger partial charge on any atom is 0.428 e. The maximum absolute atomic E-state index is 11.4. The highest BCUT2D eigenvalue weighted by atomic mass is 16.6. The van der Waals surface area contributed by atoms with Crippen LogP contribution < -0.4 is 0 Å². The zero-order valence-corrected chi connectivity index (χ0v) is 9.45. The van der Waals surface area contributed by atoms with E-state index in [-0.39, 0.29) is 11.4 Å². The van der Waals surface area contributed by atoms with E-state index in [2.05, 4.69) is 19.5 Å². The molecule has 6 heteroatoms. The van der Waals surface area contributed by atoms with Crippen molar-refractivity contribution in [2.24, 2.45) is 5.16 Å². The van der Waals surface area contributed by atoms with Gasteiger partial charge in [-0.05, 0) is 0 Å². The summed E-state index contributed by atoms with van der Waals surface area (Å²) in [5.41, 5.74) is 9.19. The number of methoxy groups -OCH3 is 1. The van der Waals surface area contributed by atoms with Crippen molar-refractivity contribution < 1.29 is 19.2 Å². The third-order valence-corrected chi connectivity index (χ3v) is 1.93. The molecule has 0 unspecified atom stereocenters. The molecule has 0 aliphatic carbocycles. The van der Waals surface area contributed by atoms with Gasteiger partial charge in [0.25, 0.3) is 0 Å². The first-order chi connectivity index (χ1) is 8.24. The van der Waals surface area contributed by atoms with Crippen molar-refractivity contribution in [3.8, 4) is 0 Å². The van der Waals surface area contributed by atoms with Crippen LogP contribution in [-0.4, -0.2) is 36.4 Å². The molecule has 0 aliphatic rings. The van der Waals surface area contributed by atoms with Crippen LogP contribution in [0.5, 0.6) is 0 Å². The minimum atomic E-state index is -0.799. The second-order valence-electron chi connectivity index (χ2n) is 2.93. The predicted octanol–water partition coefficient (Wildman–Crippen LogP) is 0.881. The Labute approximate surface area is 98.1 Å². The molecule has 1 aromatic carbocycles. The molecule has 17 heavy (non-hydrogen) atoms. The summed E-state index contributed by atoms with van der Waals surface area (Å²) in [7, 11) is 2.51. The van der Waals surface area contributed by atoms with Gasteiger partial charge in [0.05, 0.1) is 7.11 Å². The highest BCUT2D eigenvalue weighted by Gasteiger charge is 2.30. The van der Waals surface area contributed by atoms with Crippen molar-refractivity contribution in [3.63, 3.8) is 0 Å². The minimum Gasteiger partial charge on any atom is -0.460 e.